The minimum absolute atomic E-state index is 0.147. The molecule has 1 fully saturated rings. The molecule has 2 heterocycles. The van der Waals surface area contributed by atoms with Gasteiger partial charge in [-0.05, 0) is 49.7 Å². The zero-order chi connectivity index (χ0) is 12.8. The van der Waals surface area contributed by atoms with Crippen LogP contribution in [0.4, 0.5) is 5.69 Å². The molecular formula is C14H17BrN2O. The highest BCUT2D eigenvalue weighted by Gasteiger charge is 2.44. The molecule has 4 heteroatoms. The highest BCUT2D eigenvalue weighted by Crippen LogP contribution is 2.46. The largest absolute Gasteiger partial charge is 0.317 e. The minimum Gasteiger partial charge on any atom is -0.317 e. The van der Waals surface area contributed by atoms with Crippen molar-refractivity contribution in [3.63, 3.8) is 0 Å². The van der Waals surface area contributed by atoms with Crippen LogP contribution in [0.15, 0.2) is 22.7 Å². The monoisotopic (exact) mass is 308 g/mol. The first-order valence-corrected chi connectivity index (χ1v) is 7.21. The minimum atomic E-state index is 0.147. The molecule has 2 aliphatic heterocycles. The number of hydrogen-bond acceptors (Lipinski definition) is 2. The van der Waals surface area contributed by atoms with Crippen molar-refractivity contribution in [2.45, 2.75) is 25.2 Å². The molecule has 0 bridgehead atoms. The lowest BCUT2D eigenvalue weighted by molar-refractivity contribution is -0.116. The van der Waals surface area contributed by atoms with Crippen LogP contribution in [-0.2, 0) is 10.2 Å². The SMILES string of the molecule is CC(=O)N1CC2(CCNCC2)c2cc(Br)ccc21. The number of halogens is 1. The number of hydrogen-bond donors (Lipinski definition) is 1. The second-order valence-corrected chi connectivity index (χ2v) is 6.21. The number of rotatable bonds is 0. The van der Waals surface area contributed by atoms with Crippen molar-refractivity contribution >= 4 is 27.5 Å². The highest BCUT2D eigenvalue weighted by atomic mass is 79.9. The maximum absolute atomic E-state index is 11.8. The fourth-order valence-corrected chi connectivity index (χ4v) is 3.62. The predicted molar refractivity (Wildman–Crippen MR) is 76.0 cm³/mol. The van der Waals surface area contributed by atoms with E-state index < -0.39 is 0 Å². The van der Waals surface area contributed by atoms with Crippen molar-refractivity contribution < 1.29 is 4.79 Å². The summed E-state index contributed by atoms with van der Waals surface area (Å²) in [7, 11) is 0. The van der Waals surface area contributed by atoms with Crippen LogP contribution >= 0.6 is 15.9 Å². The summed E-state index contributed by atoms with van der Waals surface area (Å²) in [6, 6.07) is 6.29. The third-order valence-corrected chi connectivity index (χ3v) is 4.72. The number of fused-ring (bicyclic) bond motifs is 2. The van der Waals surface area contributed by atoms with Gasteiger partial charge in [0.1, 0.15) is 0 Å². The van der Waals surface area contributed by atoms with E-state index in [0.717, 1.165) is 42.6 Å². The van der Waals surface area contributed by atoms with Gasteiger partial charge in [0.15, 0.2) is 0 Å². The van der Waals surface area contributed by atoms with Crippen molar-refractivity contribution in [1.29, 1.82) is 0 Å². The van der Waals surface area contributed by atoms with Crippen LogP contribution in [0, 0.1) is 0 Å². The Morgan fingerprint density at radius 2 is 2.11 bits per heavy atom. The molecule has 3 rings (SSSR count). The summed E-state index contributed by atoms with van der Waals surface area (Å²) in [5.41, 5.74) is 2.61. The van der Waals surface area contributed by atoms with Crippen molar-refractivity contribution in [2.75, 3.05) is 24.5 Å². The summed E-state index contributed by atoms with van der Waals surface area (Å²) in [5.74, 6) is 0.147. The molecule has 1 aromatic rings. The van der Waals surface area contributed by atoms with Gasteiger partial charge in [-0.3, -0.25) is 4.79 Å². The lowest BCUT2D eigenvalue weighted by Gasteiger charge is -2.34. The number of carbonyl (C=O) groups is 1. The first-order valence-electron chi connectivity index (χ1n) is 6.41. The Bertz CT molecular complexity index is 495. The molecule has 0 unspecified atom stereocenters. The predicted octanol–water partition coefficient (Wildman–Crippen LogP) is 2.44. The molecular weight excluding hydrogens is 292 g/mol. The molecule has 0 atom stereocenters. The van der Waals surface area contributed by atoms with E-state index in [1.165, 1.54) is 5.56 Å². The van der Waals surface area contributed by atoms with E-state index in [1.807, 2.05) is 11.0 Å². The van der Waals surface area contributed by atoms with Gasteiger partial charge in [-0.1, -0.05) is 15.9 Å². The number of anilines is 1. The Morgan fingerprint density at radius 3 is 2.78 bits per heavy atom. The molecule has 18 heavy (non-hydrogen) atoms. The number of nitrogens with zero attached hydrogens (tertiary/aromatic N) is 1. The molecule has 1 aromatic carbocycles. The zero-order valence-electron chi connectivity index (χ0n) is 10.5. The van der Waals surface area contributed by atoms with Gasteiger partial charge in [0, 0.05) is 29.0 Å². The Balaban J connectivity index is 2.10. The van der Waals surface area contributed by atoms with E-state index in [1.54, 1.807) is 6.92 Å². The molecule has 1 saturated heterocycles. The fourth-order valence-electron chi connectivity index (χ4n) is 3.26. The molecule has 1 spiro atoms. The highest BCUT2D eigenvalue weighted by molar-refractivity contribution is 9.10. The van der Waals surface area contributed by atoms with E-state index in [4.69, 9.17) is 0 Å². The van der Waals surface area contributed by atoms with Crippen LogP contribution in [0.25, 0.3) is 0 Å². The maximum atomic E-state index is 11.8. The van der Waals surface area contributed by atoms with Crippen molar-refractivity contribution in [3.05, 3.63) is 28.2 Å². The number of benzene rings is 1. The topological polar surface area (TPSA) is 32.3 Å². The maximum Gasteiger partial charge on any atom is 0.223 e. The number of nitrogens with one attached hydrogen (secondary N) is 1. The zero-order valence-corrected chi connectivity index (χ0v) is 12.1. The Morgan fingerprint density at radius 1 is 1.39 bits per heavy atom. The van der Waals surface area contributed by atoms with Gasteiger partial charge in [0.05, 0.1) is 0 Å². The van der Waals surface area contributed by atoms with Crippen LogP contribution in [-0.4, -0.2) is 25.5 Å². The average Bonchev–Trinajstić information content (AvgIpc) is 2.65. The van der Waals surface area contributed by atoms with Crippen molar-refractivity contribution in [2.24, 2.45) is 0 Å². The lowest BCUT2D eigenvalue weighted by Crippen LogP contribution is -2.43. The second-order valence-electron chi connectivity index (χ2n) is 5.30. The smallest absolute Gasteiger partial charge is 0.223 e. The molecule has 1 N–H and O–H groups in total. The molecule has 1 amide bonds. The Hall–Kier alpha value is -0.870. The van der Waals surface area contributed by atoms with Crippen molar-refractivity contribution in [1.82, 2.24) is 5.32 Å². The van der Waals surface area contributed by atoms with Gasteiger partial charge in [-0.2, -0.15) is 0 Å². The van der Waals surface area contributed by atoms with E-state index in [9.17, 15) is 4.79 Å². The molecule has 2 aliphatic rings. The van der Waals surface area contributed by atoms with E-state index >= 15 is 0 Å². The summed E-state index contributed by atoms with van der Waals surface area (Å²) in [4.78, 5) is 13.8. The van der Waals surface area contributed by atoms with Crippen LogP contribution in [0.5, 0.6) is 0 Å². The quantitative estimate of drug-likeness (QED) is 0.798. The van der Waals surface area contributed by atoms with Crippen LogP contribution in [0.3, 0.4) is 0 Å². The van der Waals surface area contributed by atoms with Crippen LogP contribution in [0.1, 0.15) is 25.3 Å². The molecule has 0 saturated carbocycles. The molecule has 0 radical (unpaired) electrons. The van der Waals surface area contributed by atoms with E-state index in [-0.39, 0.29) is 11.3 Å². The molecule has 0 aromatic heterocycles. The summed E-state index contributed by atoms with van der Waals surface area (Å²) >= 11 is 3.55. The second kappa shape index (κ2) is 4.35. The number of amides is 1. The van der Waals surface area contributed by atoms with Crippen LogP contribution < -0.4 is 10.2 Å². The third kappa shape index (κ3) is 1.79. The van der Waals surface area contributed by atoms with Gasteiger partial charge in [-0.25, -0.2) is 0 Å². The summed E-state index contributed by atoms with van der Waals surface area (Å²) < 4.78 is 1.10. The summed E-state index contributed by atoms with van der Waals surface area (Å²) in [6.07, 6.45) is 2.22. The van der Waals surface area contributed by atoms with E-state index in [0.29, 0.717) is 0 Å². The Kier molecular flexibility index (Phi) is 2.94. The number of piperidine rings is 1. The summed E-state index contributed by atoms with van der Waals surface area (Å²) in [6.45, 7) is 4.58. The van der Waals surface area contributed by atoms with E-state index in [2.05, 4.69) is 33.4 Å². The average molecular weight is 309 g/mol. The summed E-state index contributed by atoms with van der Waals surface area (Å²) in [5, 5.41) is 3.41. The van der Waals surface area contributed by atoms with Crippen LogP contribution in [0.2, 0.25) is 0 Å². The fraction of sp³-hybridized carbons (Fsp3) is 0.500. The van der Waals surface area contributed by atoms with Gasteiger partial charge >= 0.3 is 0 Å². The third-order valence-electron chi connectivity index (χ3n) is 4.22. The lowest BCUT2D eigenvalue weighted by atomic mass is 9.75. The standard InChI is InChI=1S/C14H17BrN2O/c1-10(18)17-9-14(4-6-16-7-5-14)12-8-11(15)2-3-13(12)17/h2-3,8,16H,4-7,9H2,1H3. The van der Waals surface area contributed by atoms with Crippen molar-refractivity contribution in [3.8, 4) is 0 Å². The number of carbonyl (C=O) groups excluding carboxylic acids is 1. The molecule has 96 valence electrons. The first-order chi connectivity index (χ1) is 8.62. The van der Waals surface area contributed by atoms with Gasteiger partial charge in [-0.15, -0.1) is 0 Å². The first kappa shape index (κ1) is 12.2. The Labute approximate surface area is 116 Å². The van der Waals surface area contributed by atoms with Gasteiger partial charge < -0.3 is 10.2 Å². The normalized spacial score (nSPS) is 21.1. The van der Waals surface area contributed by atoms with Gasteiger partial charge in [0.2, 0.25) is 5.91 Å². The van der Waals surface area contributed by atoms with Gasteiger partial charge in [0.25, 0.3) is 0 Å². The molecule has 0 aliphatic carbocycles. The molecule has 3 nitrogen and oxygen atoms in total.